The average Bonchev–Trinajstić information content (AvgIpc) is 2.62. The van der Waals surface area contributed by atoms with Crippen molar-refractivity contribution < 1.29 is 33.0 Å². The Bertz CT molecular complexity index is 760. The van der Waals surface area contributed by atoms with Gasteiger partial charge in [0.2, 0.25) is 10.0 Å². The van der Waals surface area contributed by atoms with E-state index in [9.17, 15) is 13.2 Å². The first kappa shape index (κ1) is 22.9. The highest BCUT2D eigenvalue weighted by Crippen LogP contribution is 2.14. The molecule has 1 aliphatic heterocycles. The Morgan fingerprint density at radius 3 is 1.89 bits per heavy atom. The van der Waals surface area contributed by atoms with Crippen molar-refractivity contribution in [3.63, 3.8) is 0 Å². The zero-order valence-electron chi connectivity index (χ0n) is 14.7. The Hall–Kier alpha value is -2.17. The molecule has 1 fully saturated rings. The van der Waals surface area contributed by atoms with Crippen LogP contribution in [0, 0.1) is 0 Å². The zero-order valence-corrected chi connectivity index (χ0v) is 16.2. The van der Waals surface area contributed by atoms with E-state index in [-0.39, 0.29) is 11.7 Å². The summed E-state index contributed by atoms with van der Waals surface area (Å²) in [5.74, 6) is -3.57. The van der Waals surface area contributed by atoms with Gasteiger partial charge in [-0.25, -0.2) is 18.0 Å². The molecule has 0 aliphatic carbocycles. The smallest absolute Gasteiger partial charge is 0.414 e. The minimum Gasteiger partial charge on any atom is -0.473 e. The quantitative estimate of drug-likeness (QED) is 0.694. The molecule has 0 unspecified atom stereocenters. The van der Waals surface area contributed by atoms with Crippen molar-refractivity contribution in [2.24, 2.45) is 0 Å². The molecule has 0 bridgehead atoms. The van der Waals surface area contributed by atoms with Crippen LogP contribution in [0.3, 0.4) is 0 Å². The Labute approximate surface area is 162 Å². The summed E-state index contributed by atoms with van der Waals surface area (Å²) in [4.78, 5) is 32.2. The first-order valence-corrected chi connectivity index (χ1v) is 10.1. The molecule has 1 aromatic carbocycles. The molecule has 1 aromatic rings. The van der Waals surface area contributed by atoms with Gasteiger partial charge in [0.05, 0.1) is 5.75 Å². The van der Waals surface area contributed by atoms with Crippen LogP contribution in [0.4, 0.5) is 0 Å². The normalized spacial score (nSPS) is 14.8. The van der Waals surface area contributed by atoms with Gasteiger partial charge in [0.25, 0.3) is 5.91 Å². The molecule has 150 valence electrons. The van der Waals surface area contributed by atoms with Gasteiger partial charge in [-0.1, -0.05) is 18.5 Å². The molecular formula is C16H21ClN2O7S. The summed E-state index contributed by atoms with van der Waals surface area (Å²) in [5.41, 5.74) is 0.573. The summed E-state index contributed by atoms with van der Waals surface area (Å²) in [6.45, 7) is 3.41. The van der Waals surface area contributed by atoms with Gasteiger partial charge in [-0.3, -0.25) is 4.79 Å². The first-order chi connectivity index (χ1) is 12.6. The van der Waals surface area contributed by atoms with Crippen LogP contribution in [-0.4, -0.2) is 77.6 Å². The minimum absolute atomic E-state index is 0.0841. The van der Waals surface area contributed by atoms with E-state index in [0.29, 0.717) is 43.2 Å². The molecule has 1 amide bonds. The molecule has 1 heterocycles. The van der Waals surface area contributed by atoms with Crippen LogP contribution in [0.2, 0.25) is 5.02 Å². The monoisotopic (exact) mass is 420 g/mol. The number of piperazine rings is 1. The van der Waals surface area contributed by atoms with E-state index in [0.717, 1.165) is 0 Å². The number of carboxylic acid groups (broad SMARTS) is 2. The van der Waals surface area contributed by atoms with Crippen molar-refractivity contribution in [2.45, 2.75) is 13.3 Å². The van der Waals surface area contributed by atoms with Crippen molar-refractivity contribution in [2.75, 3.05) is 31.9 Å². The first-order valence-electron chi connectivity index (χ1n) is 8.07. The number of sulfonamides is 1. The second-order valence-corrected chi connectivity index (χ2v) is 8.15. The second-order valence-electron chi connectivity index (χ2n) is 5.62. The summed E-state index contributed by atoms with van der Waals surface area (Å²) in [6.07, 6.45) is 0.603. The van der Waals surface area contributed by atoms with E-state index in [4.69, 9.17) is 31.4 Å². The van der Waals surface area contributed by atoms with E-state index in [2.05, 4.69) is 0 Å². The number of benzene rings is 1. The fraction of sp³-hybridized carbons (Fsp3) is 0.438. The van der Waals surface area contributed by atoms with Gasteiger partial charge in [-0.15, -0.1) is 0 Å². The van der Waals surface area contributed by atoms with Crippen LogP contribution in [0.1, 0.15) is 23.7 Å². The molecule has 9 nitrogen and oxygen atoms in total. The zero-order chi connectivity index (χ0) is 20.6. The highest BCUT2D eigenvalue weighted by molar-refractivity contribution is 7.89. The summed E-state index contributed by atoms with van der Waals surface area (Å²) < 4.78 is 25.4. The van der Waals surface area contributed by atoms with Crippen molar-refractivity contribution in [3.05, 3.63) is 34.9 Å². The number of hydrogen-bond donors (Lipinski definition) is 2. The maximum absolute atomic E-state index is 12.3. The van der Waals surface area contributed by atoms with Crippen LogP contribution in [0.15, 0.2) is 24.3 Å². The van der Waals surface area contributed by atoms with Gasteiger partial charge in [0, 0.05) is 36.8 Å². The molecule has 0 saturated carbocycles. The van der Waals surface area contributed by atoms with Gasteiger partial charge in [-0.2, -0.15) is 4.31 Å². The molecule has 2 rings (SSSR count). The van der Waals surface area contributed by atoms with Gasteiger partial charge in [0.1, 0.15) is 0 Å². The largest absolute Gasteiger partial charge is 0.473 e. The third-order valence-electron chi connectivity index (χ3n) is 3.66. The molecule has 0 spiro atoms. The lowest BCUT2D eigenvalue weighted by Crippen LogP contribution is -2.51. The van der Waals surface area contributed by atoms with E-state index < -0.39 is 22.0 Å². The lowest BCUT2D eigenvalue weighted by molar-refractivity contribution is -0.159. The standard InChI is InChI=1S/C14H19ClN2O3S.C2H2O4/c1-2-11-21(19,20)17-9-7-16(8-10-17)14(18)12-3-5-13(15)6-4-12;3-1(4)2(5)6/h3-6H,2,7-11H2,1H3;(H,3,4)(H,5,6). The number of aliphatic carboxylic acids is 2. The van der Waals surface area contributed by atoms with Crippen LogP contribution in [0.25, 0.3) is 0 Å². The SMILES string of the molecule is CCCS(=O)(=O)N1CCN(C(=O)c2ccc(Cl)cc2)CC1.O=C(O)C(=O)O. The molecule has 1 saturated heterocycles. The lowest BCUT2D eigenvalue weighted by atomic mass is 10.2. The number of nitrogens with zero attached hydrogens (tertiary/aromatic N) is 2. The predicted molar refractivity (Wildman–Crippen MR) is 98.3 cm³/mol. The molecule has 27 heavy (non-hydrogen) atoms. The summed E-state index contributed by atoms with van der Waals surface area (Å²) in [7, 11) is -3.17. The Morgan fingerprint density at radius 1 is 1.00 bits per heavy atom. The highest BCUT2D eigenvalue weighted by Gasteiger charge is 2.28. The van der Waals surface area contributed by atoms with Crippen molar-refractivity contribution in [1.82, 2.24) is 9.21 Å². The van der Waals surface area contributed by atoms with Crippen LogP contribution in [-0.2, 0) is 19.6 Å². The third kappa shape index (κ3) is 7.16. The second kappa shape index (κ2) is 10.2. The number of rotatable bonds is 4. The number of amides is 1. The maximum Gasteiger partial charge on any atom is 0.414 e. The predicted octanol–water partition coefficient (Wildman–Crippen LogP) is 0.993. The number of carbonyl (C=O) groups excluding carboxylic acids is 1. The van der Waals surface area contributed by atoms with E-state index in [1.807, 2.05) is 6.92 Å². The van der Waals surface area contributed by atoms with E-state index in [1.165, 1.54) is 4.31 Å². The lowest BCUT2D eigenvalue weighted by Gasteiger charge is -2.34. The molecule has 11 heteroatoms. The topological polar surface area (TPSA) is 132 Å². The van der Waals surface area contributed by atoms with Crippen LogP contribution >= 0.6 is 11.6 Å². The minimum atomic E-state index is -3.17. The average molecular weight is 421 g/mol. The Balaban J connectivity index is 0.000000527. The fourth-order valence-electron chi connectivity index (χ4n) is 2.33. The Morgan fingerprint density at radius 2 is 1.48 bits per heavy atom. The molecule has 2 N–H and O–H groups in total. The van der Waals surface area contributed by atoms with E-state index in [1.54, 1.807) is 29.2 Å². The fourth-order valence-corrected chi connectivity index (χ4v) is 3.95. The molecule has 0 radical (unpaired) electrons. The third-order valence-corrected chi connectivity index (χ3v) is 5.98. The number of carboxylic acids is 2. The Kier molecular flexibility index (Phi) is 8.67. The van der Waals surface area contributed by atoms with Gasteiger partial charge in [0.15, 0.2) is 0 Å². The molecular weight excluding hydrogens is 400 g/mol. The van der Waals surface area contributed by atoms with Crippen LogP contribution < -0.4 is 0 Å². The number of hydrogen-bond acceptors (Lipinski definition) is 5. The van der Waals surface area contributed by atoms with Gasteiger partial charge >= 0.3 is 11.9 Å². The van der Waals surface area contributed by atoms with Gasteiger partial charge < -0.3 is 15.1 Å². The highest BCUT2D eigenvalue weighted by atomic mass is 35.5. The summed E-state index contributed by atoms with van der Waals surface area (Å²) in [5, 5.41) is 15.4. The van der Waals surface area contributed by atoms with Crippen molar-refractivity contribution in [1.29, 1.82) is 0 Å². The van der Waals surface area contributed by atoms with Crippen molar-refractivity contribution in [3.8, 4) is 0 Å². The summed E-state index contributed by atoms with van der Waals surface area (Å²) >= 11 is 5.80. The van der Waals surface area contributed by atoms with Crippen molar-refractivity contribution >= 4 is 39.5 Å². The van der Waals surface area contributed by atoms with E-state index >= 15 is 0 Å². The number of carbonyl (C=O) groups is 3. The molecule has 0 atom stereocenters. The maximum atomic E-state index is 12.3. The van der Waals surface area contributed by atoms with Crippen LogP contribution in [0.5, 0.6) is 0 Å². The summed E-state index contributed by atoms with van der Waals surface area (Å²) in [6, 6.07) is 6.73. The number of halogens is 1. The molecule has 0 aromatic heterocycles. The molecule has 1 aliphatic rings. The van der Waals surface area contributed by atoms with Gasteiger partial charge in [-0.05, 0) is 30.7 Å².